The molecule has 1 aliphatic heterocycles. The van der Waals surface area contributed by atoms with E-state index in [1.54, 1.807) is 47.4 Å². The van der Waals surface area contributed by atoms with E-state index in [1.807, 2.05) is 0 Å². The van der Waals surface area contributed by atoms with Crippen molar-refractivity contribution < 1.29 is 24.0 Å². The summed E-state index contributed by atoms with van der Waals surface area (Å²) in [4.78, 5) is 36.9. The second-order valence-corrected chi connectivity index (χ2v) is 6.19. The number of nitro groups is 1. The summed E-state index contributed by atoms with van der Waals surface area (Å²) in [7, 11) is 1.28. The van der Waals surface area contributed by atoms with Gasteiger partial charge in [0, 0.05) is 17.8 Å². The minimum Gasteiger partial charge on any atom is -0.465 e. The highest BCUT2D eigenvalue weighted by molar-refractivity contribution is 6.03. The highest BCUT2D eigenvalue weighted by Crippen LogP contribution is 2.45. The van der Waals surface area contributed by atoms with Crippen molar-refractivity contribution >= 4 is 34.7 Å². The van der Waals surface area contributed by atoms with Crippen molar-refractivity contribution in [3.05, 3.63) is 88.0 Å². The van der Waals surface area contributed by atoms with Crippen LogP contribution in [0, 0.1) is 10.1 Å². The number of hydrogen-bond donors (Lipinski definition) is 0. The van der Waals surface area contributed by atoms with Crippen LogP contribution in [0.3, 0.4) is 0 Å². The predicted octanol–water partition coefficient (Wildman–Crippen LogP) is 4.38. The number of methoxy groups -OCH3 is 1. The molecule has 0 radical (unpaired) electrons. The summed E-state index contributed by atoms with van der Waals surface area (Å²) in [5.74, 6) is -0.838. The number of rotatable bonds is 3. The number of ether oxygens (including phenoxy) is 2. The van der Waals surface area contributed by atoms with E-state index in [0.29, 0.717) is 22.6 Å². The molecule has 8 nitrogen and oxygen atoms in total. The Hall–Kier alpha value is -4.20. The maximum Gasteiger partial charge on any atom is 0.345 e. The Kier molecular flexibility index (Phi) is 4.44. The van der Waals surface area contributed by atoms with Crippen LogP contribution in [0.4, 0.5) is 22.7 Å². The van der Waals surface area contributed by atoms with Gasteiger partial charge in [0.15, 0.2) is 5.75 Å². The molecular weight excluding hydrogens is 376 g/mol. The number of hydrogen-bond acceptors (Lipinski definition) is 7. The van der Waals surface area contributed by atoms with Crippen LogP contribution in [-0.4, -0.2) is 24.0 Å². The van der Waals surface area contributed by atoms with E-state index in [4.69, 9.17) is 9.47 Å². The van der Waals surface area contributed by atoms with E-state index in [-0.39, 0.29) is 17.0 Å². The third kappa shape index (κ3) is 3.16. The molecule has 1 heterocycles. The lowest BCUT2D eigenvalue weighted by Gasteiger charge is -2.25. The quantitative estimate of drug-likeness (QED) is 0.283. The molecule has 0 atom stereocenters. The van der Waals surface area contributed by atoms with Gasteiger partial charge in [0.05, 0.1) is 34.5 Å². The number of carbonyl (C=O) groups is 2. The van der Waals surface area contributed by atoms with Gasteiger partial charge in [0.1, 0.15) is 0 Å². The number of para-hydroxylation sites is 1. The molecule has 8 heteroatoms. The van der Waals surface area contributed by atoms with Crippen LogP contribution in [0.5, 0.6) is 5.75 Å². The lowest BCUT2D eigenvalue weighted by Crippen LogP contribution is -2.12. The number of benzene rings is 3. The molecule has 0 saturated heterocycles. The first-order valence-electron chi connectivity index (χ1n) is 8.58. The largest absolute Gasteiger partial charge is 0.465 e. The molecule has 3 aromatic carbocycles. The van der Waals surface area contributed by atoms with E-state index in [9.17, 15) is 19.7 Å². The molecule has 0 spiro atoms. The van der Waals surface area contributed by atoms with E-state index in [2.05, 4.69) is 0 Å². The Morgan fingerprint density at radius 1 is 1.03 bits per heavy atom. The zero-order valence-electron chi connectivity index (χ0n) is 15.2. The number of anilines is 3. The molecule has 0 saturated carbocycles. The molecule has 0 N–H and O–H groups in total. The molecule has 29 heavy (non-hydrogen) atoms. The van der Waals surface area contributed by atoms with Crippen molar-refractivity contribution in [3.8, 4) is 5.75 Å². The van der Waals surface area contributed by atoms with E-state index in [1.165, 1.54) is 31.4 Å². The van der Waals surface area contributed by atoms with Gasteiger partial charge in [-0.15, -0.1) is 0 Å². The van der Waals surface area contributed by atoms with E-state index >= 15 is 0 Å². The summed E-state index contributed by atoms with van der Waals surface area (Å²) in [6, 6.07) is 17.3. The maximum absolute atomic E-state index is 12.6. The van der Waals surface area contributed by atoms with Gasteiger partial charge in [-0.05, 0) is 42.5 Å². The first-order valence-corrected chi connectivity index (χ1v) is 8.58. The monoisotopic (exact) mass is 390 g/mol. The zero-order chi connectivity index (χ0) is 20.5. The first kappa shape index (κ1) is 18.2. The zero-order valence-corrected chi connectivity index (χ0v) is 15.2. The van der Waals surface area contributed by atoms with Crippen LogP contribution in [0.25, 0.3) is 0 Å². The Morgan fingerprint density at radius 2 is 1.76 bits per heavy atom. The van der Waals surface area contributed by atoms with Crippen LogP contribution in [0.2, 0.25) is 0 Å². The van der Waals surface area contributed by atoms with Gasteiger partial charge in [0.2, 0.25) is 0 Å². The molecule has 0 aromatic heterocycles. The first-order chi connectivity index (χ1) is 14.0. The molecule has 0 bridgehead atoms. The smallest absolute Gasteiger partial charge is 0.345 e. The molecule has 0 fully saturated rings. The summed E-state index contributed by atoms with van der Waals surface area (Å²) >= 11 is 0. The van der Waals surface area contributed by atoms with Crippen molar-refractivity contribution in [2.24, 2.45) is 0 Å². The number of nitro benzene ring substituents is 1. The third-order valence-electron chi connectivity index (χ3n) is 4.51. The molecule has 3 aromatic rings. The molecular formula is C21H14N2O6. The average Bonchev–Trinajstić information content (AvgIpc) is 2.86. The Morgan fingerprint density at radius 3 is 2.45 bits per heavy atom. The summed E-state index contributed by atoms with van der Waals surface area (Å²) in [6.07, 6.45) is 0. The van der Waals surface area contributed by atoms with Crippen molar-refractivity contribution in [2.75, 3.05) is 12.0 Å². The van der Waals surface area contributed by atoms with Gasteiger partial charge >= 0.3 is 11.9 Å². The average molecular weight is 390 g/mol. The highest BCUT2D eigenvalue weighted by atomic mass is 16.6. The minimum absolute atomic E-state index is 0.0623. The van der Waals surface area contributed by atoms with E-state index in [0.717, 1.165) is 0 Å². The van der Waals surface area contributed by atoms with Crippen LogP contribution in [0.15, 0.2) is 66.7 Å². The van der Waals surface area contributed by atoms with Crippen LogP contribution < -0.4 is 9.64 Å². The predicted molar refractivity (Wildman–Crippen MR) is 104 cm³/mol. The lowest BCUT2D eigenvalue weighted by atomic mass is 10.1. The SMILES string of the molecule is COC(=O)c1ccc2c(c1)N(c1ccc([N+](=O)[O-])cc1)c1ccccc1C(=O)O2. The molecule has 1 aliphatic rings. The van der Waals surface area contributed by atoms with Crippen LogP contribution in [0.1, 0.15) is 20.7 Å². The molecule has 4 rings (SSSR count). The van der Waals surface area contributed by atoms with Crippen molar-refractivity contribution in [3.63, 3.8) is 0 Å². The topological polar surface area (TPSA) is 99.0 Å². The standard InChI is InChI=1S/C21H14N2O6/c1-28-20(24)13-6-11-19-18(12-13)22(14-7-9-15(10-8-14)23(26)27)17-5-3-2-4-16(17)21(25)29-19/h2-12H,1H3. The Labute approximate surface area is 165 Å². The normalized spacial score (nSPS) is 12.3. The number of esters is 2. The summed E-state index contributed by atoms with van der Waals surface area (Å²) in [6.45, 7) is 0. The maximum atomic E-state index is 12.6. The summed E-state index contributed by atoms with van der Waals surface area (Å²) in [5, 5.41) is 11.0. The Balaban J connectivity index is 1.97. The fourth-order valence-electron chi connectivity index (χ4n) is 3.15. The van der Waals surface area contributed by atoms with Gasteiger partial charge < -0.3 is 14.4 Å². The molecule has 0 aliphatic carbocycles. The molecule has 0 amide bonds. The third-order valence-corrected chi connectivity index (χ3v) is 4.51. The van der Waals surface area contributed by atoms with Gasteiger partial charge in [-0.25, -0.2) is 9.59 Å². The highest BCUT2D eigenvalue weighted by Gasteiger charge is 2.29. The van der Waals surface area contributed by atoms with Gasteiger partial charge in [-0.2, -0.15) is 0 Å². The van der Waals surface area contributed by atoms with Gasteiger partial charge in [0.25, 0.3) is 5.69 Å². The van der Waals surface area contributed by atoms with Gasteiger partial charge in [-0.3, -0.25) is 10.1 Å². The lowest BCUT2D eigenvalue weighted by molar-refractivity contribution is -0.384. The van der Waals surface area contributed by atoms with Crippen LogP contribution >= 0.6 is 0 Å². The number of nitrogens with zero attached hydrogens (tertiary/aromatic N) is 2. The number of carbonyl (C=O) groups excluding carboxylic acids is 2. The summed E-state index contributed by atoms with van der Waals surface area (Å²) in [5.41, 5.74) is 2.04. The second kappa shape index (κ2) is 7.08. The fourth-order valence-corrected chi connectivity index (χ4v) is 3.15. The molecule has 0 unspecified atom stereocenters. The fraction of sp³-hybridized carbons (Fsp3) is 0.0476. The van der Waals surface area contributed by atoms with Crippen molar-refractivity contribution in [1.82, 2.24) is 0 Å². The van der Waals surface area contributed by atoms with Crippen molar-refractivity contribution in [2.45, 2.75) is 0 Å². The second-order valence-electron chi connectivity index (χ2n) is 6.19. The molecule has 144 valence electrons. The summed E-state index contributed by atoms with van der Waals surface area (Å²) < 4.78 is 10.3. The van der Waals surface area contributed by atoms with Crippen molar-refractivity contribution in [1.29, 1.82) is 0 Å². The Bertz CT molecular complexity index is 1140. The van der Waals surface area contributed by atoms with Gasteiger partial charge in [-0.1, -0.05) is 12.1 Å². The number of fused-ring (bicyclic) bond motifs is 2. The van der Waals surface area contributed by atoms with E-state index < -0.39 is 16.9 Å². The minimum atomic E-state index is -0.544. The van der Waals surface area contributed by atoms with Crippen LogP contribution in [-0.2, 0) is 4.74 Å². The number of non-ortho nitro benzene ring substituents is 1.